The minimum atomic E-state index is -0.589. The lowest BCUT2D eigenvalue weighted by atomic mass is 9.96. The second-order valence-electron chi connectivity index (χ2n) is 7.37. The molecule has 0 atom stereocenters. The first kappa shape index (κ1) is 19.8. The zero-order valence-electron chi connectivity index (χ0n) is 16.4. The summed E-state index contributed by atoms with van der Waals surface area (Å²) in [7, 11) is 0. The van der Waals surface area contributed by atoms with E-state index in [1.807, 2.05) is 4.90 Å². The molecule has 1 aliphatic heterocycles. The van der Waals surface area contributed by atoms with Crippen LogP contribution < -0.4 is 5.76 Å². The molecule has 11 heteroatoms. The summed E-state index contributed by atoms with van der Waals surface area (Å²) >= 11 is 0. The van der Waals surface area contributed by atoms with Gasteiger partial charge in [0.25, 0.3) is 5.69 Å². The second-order valence-corrected chi connectivity index (χ2v) is 7.37. The summed E-state index contributed by atoms with van der Waals surface area (Å²) in [6, 6.07) is 4.05. The molecule has 30 heavy (non-hydrogen) atoms. The molecular formula is C19H21N5O6. The predicted molar refractivity (Wildman–Crippen MR) is 104 cm³/mol. The van der Waals surface area contributed by atoms with Gasteiger partial charge in [-0.15, -0.1) is 0 Å². The van der Waals surface area contributed by atoms with E-state index < -0.39 is 10.7 Å². The quantitative estimate of drug-likeness (QED) is 0.442. The maximum absolute atomic E-state index is 12.5. The van der Waals surface area contributed by atoms with Gasteiger partial charge in [0, 0.05) is 38.0 Å². The molecule has 1 amide bonds. The number of nitro groups is 1. The molecule has 0 radical (unpaired) electrons. The van der Waals surface area contributed by atoms with Gasteiger partial charge in [-0.2, -0.15) is 4.98 Å². The fourth-order valence-electron chi connectivity index (χ4n) is 3.78. The number of hydrogen-bond donors (Lipinski definition) is 0. The van der Waals surface area contributed by atoms with Gasteiger partial charge in [-0.25, -0.2) is 4.79 Å². The van der Waals surface area contributed by atoms with Crippen LogP contribution in [0.2, 0.25) is 0 Å². The molecule has 4 rings (SSSR count). The number of aromatic nitrogens is 3. The largest absolute Gasteiger partial charge is 0.419 e. The fraction of sp³-hybridized carbons (Fsp3) is 0.474. The summed E-state index contributed by atoms with van der Waals surface area (Å²) < 4.78 is 11.7. The highest BCUT2D eigenvalue weighted by molar-refractivity contribution is 5.77. The lowest BCUT2D eigenvalue weighted by Crippen LogP contribution is -2.38. The lowest BCUT2D eigenvalue weighted by molar-refractivity contribution is -0.384. The Balaban J connectivity index is 1.31. The minimum Gasteiger partial charge on any atom is -0.407 e. The van der Waals surface area contributed by atoms with Crippen molar-refractivity contribution in [3.05, 3.63) is 50.6 Å². The Morgan fingerprint density at radius 3 is 2.77 bits per heavy atom. The third kappa shape index (κ3) is 3.95. The molecule has 2 aromatic heterocycles. The molecule has 0 aliphatic carbocycles. The van der Waals surface area contributed by atoms with Gasteiger partial charge in [0.2, 0.25) is 11.8 Å². The van der Waals surface area contributed by atoms with Crippen LogP contribution in [0, 0.1) is 17.0 Å². The molecule has 1 fully saturated rings. The second kappa shape index (κ2) is 8.09. The summed E-state index contributed by atoms with van der Waals surface area (Å²) in [6.07, 6.45) is 2.32. The summed E-state index contributed by atoms with van der Waals surface area (Å²) in [4.78, 5) is 41.0. The number of nitro benzene ring substituents is 1. The average molecular weight is 415 g/mol. The van der Waals surface area contributed by atoms with Crippen LogP contribution in [0.5, 0.6) is 0 Å². The van der Waals surface area contributed by atoms with Crippen LogP contribution >= 0.6 is 0 Å². The molecular weight excluding hydrogens is 394 g/mol. The van der Waals surface area contributed by atoms with Crippen molar-refractivity contribution in [2.75, 3.05) is 13.1 Å². The molecule has 1 aliphatic rings. The number of oxazole rings is 1. The van der Waals surface area contributed by atoms with E-state index in [2.05, 4.69) is 10.1 Å². The number of non-ortho nitro benzene ring substituents is 1. The van der Waals surface area contributed by atoms with E-state index in [0.29, 0.717) is 49.7 Å². The van der Waals surface area contributed by atoms with Gasteiger partial charge in [-0.1, -0.05) is 5.16 Å². The van der Waals surface area contributed by atoms with Gasteiger partial charge >= 0.3 is 5.76 Å². The van der Waals surface area contributed by atoms with Gasteiger partial charge in [-0.3, -0.25) is 19.5 Å². The maximum Gasteiger partial charge on any atom is 0.419 e. The van der Waals surface area contributed by atoms with Crippen LogP contribution in [0.1, 0.15) is 43.3 Å². The Morgan fingerprint density at radius 2 is 2.10 bits per heavy atom. The number of carbonyl (C=O) groups excluding carboxylic acids is 1. The molecule has 0 saturated carbocycles. The highest BCUT2D eigenvalue weighted by Gasteiger charge is 2.27. The van der Waals surface area contributed by atoms with Crippen LogP contribution in [0.15, 0.2) is 31.9 Å². The van der Waals surface area contributed by atoms with Crippen molar-refractivity contribution in [1.29, 1.82) is 0 Å². The average Bonchev–Trinajstić information content (AvgIpc) is 3.30. The third-order valence-electron chi connectivity index (χ3n) is 5.38. The number of rotatable bonds is 6. The molecule has 158 valence electrons. The normalized spacial score (nSPS) is 15.0. The number of fused-ring (bicyclic) bond motifs is 1. The molecule has 11 nitrogen and oxygen atoms in total. The van der Waals surface area contributed by atoms with Gasteiger partial charge in [0.05, 0.1) is 16.5 Å². The van der Waals surface area contributed by atoms with E-state index in [4.69, 9.17) is 8.94 Å². The van der Waals surface area contributed by atoms with Crippen molar-refractivity contribution in [2.45, 2.75) is 45.1 Å². The van der Waals surface area contributed by atoms with Crippen molar-refractivity contribution in [3.63, 3.8) is 0 Å². The van der Waals surface area contributed by atoms with Crippen molar-refractivity contribution in [1.82, 2.24) is 19.6 Å². The van der Waals surface area contributed by atoms with Gasteiger partial charge in [0.1, 0.15) is 0 Å². The molecule has 1 saturated heterocycles. The van der Waals surface area contributed by atoms with E-state index in [0.717, 1.165) is 12.8 Å². The van der Waals surface area contributed by atoms with Crippen LogP contribution in [0.25, 0.3) is 11.1 Å². The van der Waals surface area contributed by atoms with Crippen molar-refractivity contribution in [3.8, 4) is 0 Å². The molecule has 1 aromatic carbocycles. The Bertz CT molecular complexity index is 1140. The van der Waals surface area contributed by atoms with Crippen LogP contribution in [-0.2, 0) is 11.3 Å². The first-order valence-corrected chi connectivity index (χ1v) is 9.78. The number of piperidine rings is 1. The van der Waals surface area contributed by atoms with Gasteiger partial charge in [0.15, 0.2) is 11.4 Å². The van der Waals surface area contributed by atoms with E-state index in [1.54, 1.807) is 6.92 Å². The molecule has 0 N–H and O–H groups in total. The Labute approximate surface area is 170 Å². The summed E-state index contributed by atoms with van der Waals surface area (Å²) in [6.45, 7) is 3.33. The molecule has 3 aromatic rings. The number of benzene rings is 1. The highest BCUT2D eigenvalue weighted by Crippen LogP contribution is 2.27. The topological polar surface area (TPSA) is 138 Å². The van der Waals surface area contributed by atoms with E-state index in [-0.39, 0.29) is 23.1 Å². The number of carbonyl (C=O) groups is 1. The van der Waals surface area contributed by atoms with Crippen molar-refractivity contribution >= 4 is 22.7 Å². The zero-order chi connectivity index (χ0) is 21.3. The summed E-state index contributed by atoms with van der Waals surface area (Å²) in [5, 5.41) is 14.7. The SMILES string of the molecule is Cc1noc(C2CCN(C(=O)CCCn3c(=O)oc4cc([N+](=O)[O-])ccc43)CC2)n1. The third-order valence-corrected chi connectivity index (χ3v) is 5.38. The zero-order valence-corrected chi connectivity index (χ0v) is 16.4. The number of hydrogen-bond acceptors (Lipinski definition) is 8. The predicted octanol–water partition coefficient (Wildman–Crippen LogP) is 2.38. The first-order chi connectivity index (χ1) is 14.4. The van der Waals surface area contributed by atoms with Crippen LogP contribution in [0.3, 0.4) is 0 Å². The van der Waals surface area contributed by atoms with Crippen LogP contribution in [0.4, 0.5) is 5.69 Å². The molecule has 3 heterocycles. The van der Waals surface area contributed by atoms with Crippen molar-refractivity contribution in [2.24, 2.45) is 0 Å². The van der Waals surface area contributed by atoms with E-state index in [1.165, 1.54) is 22.8 Å². The van der Waals surface area contributed by atoms with Gasteiger partial charge < -0.3 is 13.8 Å². The molecule has 0 unspecified atom stereocenters. The number of likely N-dealkylation sites (tertiary alicyclic amines) is 1. The smallest absolute Gasteiger partial charge is 0.407 e. The lowest BCUT2D eigenvalue weighted by Gasteiger charge is -2.30. The van der Waals surface area contributed by atoms with Gasteiger partial charge in [-0.05, 0) is 32.3 Å². The maximum atomic E-state index is 12.5. The van der Waals surface area contributed by atoms with Crippen LogP contribution in [-0.4, -0.2) is 43.5 Å². The van der Waals surface area contributed by atoms with E-state index in [9.17, 15) is 19.7 Å². The minimum absolute atomic E-state index is 0.0339. The molecule has 0 bridgehead atoms. The monoisotopic (exact) mass is 415 g/mol. The highest BCUT2D eigenvalue weighted by atomic mass is 16.6. The number of aryl methyl sites for hydroxylation is 2. The summed E-state index contributed by atoms with van der Waals surface area (Å²) in [5.74, 6) is 0.863. The van der Waals surface area contributed by atoms with E-state index >= 15 is 0 Å². The Kier molecular flexibility index (Phi) is 5.34. The Hall–Kier alpha value is -3.50. The first-order valence-electron chi connectivity index (χ1n) is 9.78. The fourth-order valence-corrected chi connectivity index (χ4v) is 3.78. The summed E-state index contributed by atoms with van der Waals surface area (Å²) in [5.41, 5.74) is 0.505. The molecule has 0 spiro atoms. The number of nitrogens with zero attached hydrogens (tertiary/aromatic N) is 5. The standard InChI is InChI=1S/C19H21N5O6/c1-12-20-18(30-21-12)13-6-9-22(10-7-13)17(25)3-2-8-23-15-5-4-14(24(27)28)11-16(15)29-19(23)26/h4-5,11,13H,2-3,6-10H2,1H3. The Morgan fingerprint density at radius 1 is 1.33 bits per heavy atom. The van der Waals surface area contributed by atoms with Crippen molar-refractivity contribution < 1.29 is 18.7 Å². The number of amides is 1.